The zero-order valence-corrected chi connectivity index (χ0v) is 7.82. The van der Waals surface area contributed by atoms with Crippen molar-refractivity contribution in [2.45, 2.75) is 0 Å². The second-order valence-electron chi connectivity index (χ2n) is 2.32. The molecule has 0 fully saturated rings. The number of thiophene rings is 1. The first-order valence-electron chi connectivity index (χ1n) is 3.50. The first kappa shape index (κ1) is 7.83. The van der Waals surface area contributed by atoms with Crippen LogP contribution in [0, 0.1) is 0 Å². The first-order valence-corrected chi connectivity index (χ1v) is 5.19. The van der Waals surface area contributed by atoms with Gasteiger partial charge in [-0.25, -0.2) is 0 Å². The van der Waals surface area contributed by atoms with Crippen LogP contribution in [0.2, 0.25) is 0 Å². The fourth-order valence-electron chi connectivity index (χ4n) is 0.926. The second-order valence-corrected chi connectivity index (χ2v) is 4.37. The van der Waals surface area contributed by atoms with E-state index in [4.69, 9.17) is 0 Å². The molecule has 0 bridgehead atoms. The maximum absolute atomic E-state index is 10.8. The highest BCUT2D eigenvalue weighted by atomic mass is 32.2. The van der Waals surface area contributed by atoms with Crippen LogP contribution in [0.5, 0.6) is 0 Å². The molecule has 3 heteroatoms. The highest BCUT2D eigenvalue weighted by Crippen LogP contribution is 2.28. The number of carbonyl (C=O) groups excluding carboxylic acids is 1. The van der Waals surface area contributed by atoms with Crippen LogP contribution >= 0.6 is 23.1 Å². The molecule has 12 heavy (non-hydrogen) atoms. The van der Waals surface area contributed by atoms with Crippen molar-refractivity contribution in [3.8, 4) is 0 Å². The monoisotopic (exact) mass is 194 g/mol. The van der Waals surface area contributed by atoms with Gasteiger partial charge in [0.1, 0.15) is 0 Å². The van der Waals surface area contributed by atoms with E-state index in [2.05, 4.69) is 0 Å². The van der Waals surface area contributed by atoms with Crippen LogP contribution in [0.3, 0.4) is 0 Å². The average Bonchev–Trinajstić information content (AvgIpc) is 2.63. The van der Waals surface area contributed by atoms with Gasteiger partial charge in [-0.2, -0.15) is 0 Å². The number of rotatable bonds is 1. The lowest BCUT2D eigenvalue weighted by atomic mass is 10.4. The van der Waals surface area contributed by atoms with Crippen molar-refractivity contribution in [1.82, 2.24) is 0 Å². The summed E-state index contributed by atoms with van der Waals surface area (Å²) < 4.78 is 0. The minimum Gasteiger partial charge on any atom is -0.282 e. The molecule has 1 aliphatic rings. The third-order valence-electron chi connectivity index (χ3n) is 1.43. The van der Waals surface area contributed by atoms with E-state index in [1.165, 1.54) is 16.6 Å². The van der Waals surface area contributed by atoms with Crippen LogP contribution in [0.15, 0.2) is 34.6 Å². The third kappa shape index (κ3) is 1.68. The van der Waals surface area contributed by atoms with Gasteiger partial charge in [0.15, 0.2) is 0 Å². The van der Waals surface area contributed by atoms with E-state index in [-0.39, 0.29) is 5.12 Å². The quantitative estimate of drug-likeness (QED) is 0.683. The molecule has 0 unspecified atom stereocenters. The molecule has 0 aliphatic carbocycles. The smallest absolute Gasteiger partial charge is 0.216 e. The van der Waals surface area contributed by atoms with Crippen LogP contribution in [-0.2, 0) is 4.79 Å². The summed E-state index contributed by atoms with van der Waals surface area (Å²) in [6.45, 7) is 0. The SMILES string of the molecule is O=C1C=C/C(=C\c2cccs2)S1. The van der Waals surface area contributed by atoms with E-state index in [1.54, 1.807) is 17.4 Å². The standard InChI is InChI=1S/C9H6OS2/c10-9-4-3-8(12-9)6-7-2-1-5-11-7/h1-6H/b8-6+. The van der Waals surface area contributed by atoms with Gasteiger partial charge in [0.25, 0.3) is 0 Å². The predicted molar refractivity (Wildman–Crippen MR) is 54.0 cm³/mol. The van der Waals surface area contributed by atoms with E-state index in [0.29, 0.717) is 0 Å². The first-order chi connectivity index (χ1) is 5.84. The minimum atomic E-state index is 0.123. The molecule has 60 valence electrons. The molecule has 0 saturated heterocycles. The molecule has 0 N–H and O–H groups in total. The molecule has 0 radical (unpaired) electrons. The summed E-state index contributed by atoms with van der Waals surface area (Å²) in [7, 11) is 0. The van der Waals surface area contributed by atoms with Crippen molar-refractivity contribution in [2.75, 3.05) is 0 Å². The van der Waals surface area contributed by atoms with Gasteiger partial charge >= 0.3 is 0 Å². The molecule has 0 amide bonds. The fourth-order valence-corrected chi connectivity index (χ4v) is 2.36. The van der Waals surface area contributed by atoms with E-state index < -0.39 is 0 Å². The molecular weight excluding hydrogens is 188 g/mol. The maximum Gasteiger partial charge on any atom is 0.216 e. The van der Waals surface area contributed by atoms with Gasteiger partial charge < -0.3 is 0 Å². The minimum absolute atomic E-state index is 0.123. The predicted octanol–water partition coefficient (Wildman–Crippen LogP) is 2.92. The molecule has 0 spiro atoms. The average molecular weight is 194 g/mol. The molecule has 0 atom stereocenters. The summed E-state index contributed by atoms with van der Waals surface area (Å²) in [5.41, 5.74) is 0. The molecule has 1 nitrogen and oxygen atoms in total. The molecule has 0 saturated carbocycles. The molecular formula is C9H6OS2. The normalized spacial score (nSPS) is 19.3. The van der Waals surface area contributed by atoms with Crippen LogP contribution < -0.4 is 0 Å². The highest BCUT2D eigenvalue weighted by Gasteiger charge is 2.08. The van der Waals surface area contributed by atoms with Gasteiger partial charge in [0, 0.05) is 9.78 Å². The van der Waals surface area contributed by atoms with Gasteiger partial charge in [0.05, 0.1) is 0 Å². The summed E-state index contributed by atoms with van der Waals surface area (Å²) in [4.78, 5) is 13.0. The van der Waals surface area contributed by atoms with Gasteiger partial charge in [-0.15, -0.1) is 11.3 Å². The molecule has 0 aromatic carbocycles. The van der Waals surface area contributed by atoms with E-state index in [1.807, 2.05) is 29.7 Å². The molecule has 1 aromatic heterocycles. The summed E-state index contributed by atoms with van der Waals surface area (Å²) in [6.07, 6.45) is 5.48. The summed E-state index contributed by atoms with van der Waals surface area (Å²) >= 11 is 2.96. The number of hydrogen-bond acceptors (Lipinski definition) is 3. The molecule has 1 aromatic rings. The number of thioether (sulfide) groups is 1. The summed E-state index contributed by atoms with van der Waals surface area (Å²) in [5.74, 6) is 0. The largest absolute Gasteiger partial charge is 0.282 e. The molecule has 2 rings (SSSR count). The number of allylic oxidation sites excluding steroid dienone is 1. The third-order valence-corrected chi connectivity index (χ3v) is 3.08. The van der Waals surface area contributed by atoms with Gasteiger partial charge in [-0.3, -0.25) is 4.79 Å². The summed E-state index contributed by atoms with van der Waals surface area (Å²) in [5, 5.41) is 2.15. The topological polar surface area (TPSA) is 17.1 Å². The lowest BCUT2D eigenvalue weighted by Crippen LogP contribution is -1.73. The lowest BCUT2D eigenvalue weighted by Gasteiger charge is -1.88. The van der Waals surface area contributed by atoms with E-state index in [9.17, 15) is 4.79 Å². The Labute approximate surface area is 78.8 Å². The van der Waals surface area contributed by atoms with Crippen LogP contribution in [-0.4, -0.2) is 5.12 Å². The van der Waals surface area contributed by atoms with Crippen molar-refractivity contribution in [3.05, 3.63) is 39.4 Å². The number of hydrogen-bond donors (Lipinski definition) is 0. The molecule has 2 heterocycles. The number of carbonyl (C=O) groups is 1. The van der Waals surface area contributed by atoms with E-state index >= 15 is 0 Å². The van der Waals surface area contributed by atoms with Crippen molar-refractivity contribution in [1.29, 1.82) is 0 Å². The van der Waals surface area contributed by atoms with E-state index in [0.717, 1.165) is 4.91 Å². The van der Waals surface area contributed by atoms with Crippen molar-refractivity contribution >= 4 is 34.3 Å². The maximum atomic E-state index is 10.8. The van der Waals surface area contributed by atoms with Crippen molar-refractivity contribution in [2.24, 2.45) is 0 Å². The highest BCUT2D eigenvalue weighted by molar-refractivity contribution is 8.18. The van der Waals surface area contributed by atoms with Gasteiger partial charge in [-0.05, 0) is 41.4 Å². The molecule has 1 aliphatic heterocycles. The Bertz CT molecular complexity index is 347. The Hall–Kier alpha value is -0.800. The Morgan fingerprint density at radius 2 is 2.25 bits per heavy atom. The van der Waals surface area contributed by atoms with Gasteiger partial charge in [-0.1, -0.05) is 6.07 Å². The Morgan fingerprint density at radius 1 is 1.33 bits per heavy atom. The van der Waals surface area contributed by atoms with Crippen LogP contribution in [0.4, 0.5) is 0 Å². The lowest BCUT2D eigenvalue weighted by molar-refractivity contribution is -0.106. The second kappa shape index (κ2) is 3.29. The Kier molecular flexibility index (Phi) is 2.15. The zero-order chi connectivity index (χ0) is 8.39. The summed E-state index contributed by atoms with van der Waals surface area (Å²) in [6, 6.07) is 4.04. The van der Waals surface area contributed by atoms with Crippen LogP contribution in [0.25, 0.3) is 6.08 Å². The fraction of sp³-hybridized carbons (Fsp3) is 0. The van der Waals surface area contributed by atoms with Gasteiger partial charge in [0.2, 0.25) is 5.12 Å². The van der Waals surface area contributed by atoms with Crippen molar-refractivity contribution < 1.29 is 4.79 Å². The van der Waals surface area contributed by atoms with Crippen LogP contribution in [0.1, 0.15) is 4.88 Å². The zero-order valence-electron chi connectivity index (χ0n) is 6.19. The Balaban J connectivity index is 2.21. The van der Waals surface area contributed by atoms with Crippen molar-refractivity contribution in [3.63, 3.8) is 0 Å². The Morgan fingerprint density at radius 3 is 2.83 bits per heavy atom.